The molecular formula is C21H29N3O3S. The van der Waals surface area contributed by atoms with E-state index < -0.39 is 0 Å². The number of nitrogens with one attached hydrogen (secondary N) is 2. The maximum Gasteiger partial charge on any atom is 0.324 e. The highest BCUT2D eigenvalue weighted by molar-refractivity contribution is 7.97. The zero-order valence-electron chi connectivity index (χ0n) is 16.2. The third kappa shape index (κ3) is 5.64. The highest BCUT2D eigenvalue weighted by Crippen LogP contribution is 2.43. The lowest BCUT2D eigenvalue weighted by atomic mass is 10.1. The van der Waals surface area contributed by atoms with Crippen LogP contribution in [0.15, 0.2) is 29.2 Å². The van der Waals surface area contributed by atoms with Gasteiger partial charge in [-0.25, -0.2) is 4.79 Å². The number of nitrogens with zero attached hydrogens (tertiary/aromatic N) is 1. The Kier molecular flexibility index (Phi) is 6.11. The van der Waals surface area contributed by atoms with E-state index in [1.165, 1.54) is 30.6 Å². The number of ether oxygens (including phenoxy) is 1. The van der Waals surface area contributed by atoms with Crippen LogP contribution in [0.5, 0.6) is 5.75 Å². The summed E-state index contributed by atoms with van der Waals surface area (Å²) in [6, 6.07) is 8.10. The number of carbonyl (C=O) groups is 2. The molecule has 0 radical (unpaired) electrons. The Bertz CT molecular complexity index is 719. The first-order valence-corrected chi connectivity index (χ1v) is 11.2. The number of benzene rings is 1. The maximum absolute atomic E-state index is 11.5. The average molecular weight is 404 g/mol. The van der Waals surface area contributed by atoms with Gasteiger partial charge < -0.3 is 9.64 Å². The fourth-order valence-corrected chi connectivity index (χ4v) is 4.42. The minimum absolute atomic E-state index is 0.190. The SMILES string of the molecule is O=C1CN(CCCCCC2(NSc3cccc(OCC4CC4)c3)CC2)C(=O)N1. The smallest absolute Gasteiger partial charge is 0.324 e. The van der Waals surface area contributed by atoms with E-state index in [0.717, 1.165) is 44.0 Å². The van der Waals surface area contributed by atoms with E-state index >= 15 is 0 Å². The molecule has 6 nitrogen and oxygen atoms in total. The van der Waals surface area contributed by atoms with Gasteiger partial charge in [0.15, 0.2) is 0 Å². The fourth-order valence-electron chi connectivity index (χ4n) is 3.45. The number of unbranched alkanes of at least 4 members (excludes halogenated alkanes) is 2. The molecule has 28 heavy (non-hydrogen) atoms. The van der Waals surface area contributed by atoms with Gasteiger partial charge in [-0.1, -0.05) is 18.9 Å². The molecule has 3 aliphatic rings. The Labute approximate surface area is 170 Å². The summed E-state index contributed by atoms with van der Waals surface area (Å²) in [4.78, 5) is 25.5. The van der Waals surface area contributed by atoms with Gasteiger partial charge in [0.05, 0.1) is 6.61 Å². The molecule has 0 atom stereocenters. The van der Waals surface area contributed by atoms with Gasteiger partial charge in [0, 0.05) is 17.0 Å². The molecule has 2 aliphatic carbocycles. The maximum atomic E-state index is 11.5. The lowest BCUT2D eigenvalue weighted by molar-refractivity contribution is -0.118. The van der Waals surface area contributed by atoms with Crippen molar-refractivity contribution in [2.24, 2.45) is 5.92 Å². The summed E-state index contributed by atoms with van der Waals surface area (Å²) in [5.74, 6) is 1.54. The molecule has 0 spiro atoms. The molecule has 1 heterocycles. The second-order valence-electron chi connectivity index (χ2n) is 8.30. The van der Waals surface area contributed by atoms with Crippen molar-refractivity contribution >= 4 is 23.9 Å². The molecule has 4 rings (SSSR count). The van der Waals surface area contributed by atoms with Crippen molar-refractivity contribution in [2.75, 3.05) is 19.7 Å². The molecule has 3 fully saturated rings. The third-order valence-corrected chi connectivity index (χ3v) is 6.70. The first-order valence-electron chi connectivity index (χ1n) is 10.4. The monoisotopic (exact) mass is 403 g/mol. The molecule has 1 aromatic rings. The minimum atomic E-state index is -0.245. The van der Waals surface area contributed by atoms with Crippen molar-refractivity contribution in [3.05, 3.63) is 24.3 Å². The summed E-state index contributed by atoms with van der Waals surface area (Å²) >= 11 is 1.71. The lowest BCUT2D eigenvalue weighted by Gasteiger charge is -2.17. The number of hydrogen-bond acceptors (Lipinski definition) is 5. The van der Waals surface area contributed by atoms with Gasteiger partial charge in [-0.3, -0.25) is 14.8 Å². The van der Waals surface area contributed by atoms with Gasteiger partial charge in [-0.05, 0) is 74.6 Å². The molecule has 1 aromatic carbocycles. The fraction of sp³-hybridized carbons (Fsp3) is 0.619. The van der Waals surface area contributed by atoms with E-state index in [-0.39, 0.29) is 24.0 Å². The number of carbonyl (C=O) groups excluding carboxylic acids is 2. The number of urea groups is 1. The molecular weight excluding hydrogens is 374 g/mol. The number of imide groups is 1. The first-order chi connectivity index (χ1) is 13.6. The zero-order chi connectivity index (χ0) is 19.4. The van der Waals surface area contributed by atoms with Gasteiger partial charge in [-0.15, -0.1) is 0 Å². The predicted octanol–water partition coefficient (Wildman–Crippen LogP) is 3.72. The van der Waals surface area contributed by atoms with Crippen LogP contribution in [0.1, 0.15) is 51.4 Å². The Hall–Kier alpha value is -1.73. The standard InChI is InChI=1S/C21H29N3O3S/c25-19-14-24(20(26)22-19)12-3-1-2-9-21(10-11-21)23-28-18-6-4-5-17(13-18)27-15-16-7-8-16/h4-6,13,16,23H,1-3,7-12,14-15H2,(H,22,25,26). The highest BCUT2D eigenvalue weighted by Gasteiger charge is 2.41. The zero-order valence-corrected chi connectivity index (χ0v) is 17.1. The third-order valence-electron chi connectivity index (χ3n) is 5.68. The van der Waals surface area contributed by atoms with Crippen molar-refractivity contribution in [1.29, 1.82) is 0 Å². The molecule has 2 saturated carbocycles. The van der Waals surface area contributed by atoms with Gasteiger partial charge >= 0.3 is 6.03 Å². The van der Waals surface area contributed by atoms with Crippen LogP contribution in [-0.2, 0) is 4.79 Å². The summed E-state index contributed by atoms with van der Waals surface area (Å²) in [7, 11) is 0. The Morgan fingerprint density at radius 1 is 1.21 bits per heavy atom. The summed E-state index contributed by atoms with van der Waals surface area (Å²) in [5.41, 5.74) is 0.260. The average Bonchev–Trinajstić information content (AvgIpc) is 3.60. The molecule has 0 unspecified atom stereocenters. The van der Waals surface area contributed by atoms with Crippen molar-refractivity contribution in [3.8, 4) is 5.75 Å². The summed E-state index contributed by atoms with van der Waals surface area (Å²) < 4.78 is 9.55. The topological polar surface area (TPSA) is 70.7 Å². The Morgan fingerprint density at radius 2 is 2.07 bits per heavy atom. The second-order valence-corrected chi connectivity index (χ2v) is 9.18. The van der Waals surface area contributed by atoms with Crippen LogP contribution < -0.4 is 14.8 Å². The van der Waals surface area contributed by atoms with Gasteiger partial charge in [0.1, 0.15) is 12.3 Å². The van der Waals surface area contributed by atoms with Crippen molar-refractivity contribution in [2.45, 2.75) is 61.8 Å². The van der Waals surface area contributed by atoms with E-state index in [9.17, 15) is 9.59 Å². The van der Waals surface area contributed by atoms with E-state index in [1.807, 2.05) is 6.07 Å². The van der Waals surface area contributed by atoms with Crippen molar-refractivity contribution < 1.29 is 14.3 Å². The number of hydrogen-bond donors (Lipinski definition) is 2. The van der Waals surface area contributed by atoms with E-state index in [4.69, 9.17) is 4.74 Å². The molecule has 152 valence electrons. The Balaban J connectivity index is 1.13. The van der Waals surface area contributed by atoms with Crippen molar-refractivity contribution in [3.63, 3.8) is 0 Å². The predicted molar refractivity (Wildman–Crippen MR) is 109 cm³/mol. The molecule has 1 aliphatic heterocycles. The van der Waals surface area contributed by atoms with Gasteiger partial charge in [0.25, 0.3) is 0 Å². The van der Waals surface area contributed by atoms with Gasteiger partial charge in [0.2, 0.25) is 5.91 Å². The Morgan fingerprint density at radius 3 is 2.79 bits per heavy atom. The van der Waals surface area contributed by atoms with Crippen LogP contribution in [0.25, 0.3) is 0 Å². The molecule has 2 N–H and O–H groups in total. The molecule has 7 heteroatoms. The van der Waals surface area contributed by atoms with Crippen LogP contribution in [0.3, 0.4) is 0 Å². The van der Waals surface area contributed by atoms with E-state index in [1.54, 1.807) is 16.8 Å². The first kappa shape index (κ1) is 19.6. The van der Waals surface area contributed by atoms with E-state index in [0.29, 0.717) is 6.54 Å². The lowest BCUT2D eigenvalue weighted by Crippen LogP contribution is -2.29. The van der Waals surface area contributed by atoms with Crippen LogP contribution in [0, 0.1) is 5.92 Å². The summed E-state index contributed by atoms with van der Waals surface area (Å²) in [6.45, 7) is 1.73. The highest BCUT2D eigenvalue weighted by atomic mass is 32.2. The van der Waals surface area contributed by atoms with Gasteiger partial charge in [-0.2, -0.15) is 0 Å². The molecule has 0 aromatic heterocycles. The van der Waals surface area contributed by atoms with E-state index in [2.05, 4.69) is 28.2 Å². The summed E-state index contributed by atoms with van der Waals surface area (Å²) in [5, 5.41) is 2.32. The van der Waals surface area contributed by atoms with Crippen LogP contribution >= 0.6 is 11.9 Å². The van der Waals surface area contributed by atoms with Crippen molar-refractivity contribution in [1.82, 2.24) is 14.9 Å². The normalized spacial score (nSPS) is 20.4. The minimum Gasteiger partial charge on any atom is -0.493 e. The summed E-state index contributed by atoms with van der Waals surface area (Å²) in [6.07, 6.45) is 9.39. The van der Waals surface area contributed by atoms with Crippen LogP contribution in [0.4, 0.5) is 4.79 Å². The largest absolute Gasteiger partial charge is 0.493 e. The number of rotatable bonds is 12. The quantitative estimate of drug-likeness (QED) is 0.316. The van der Waals surface area contributed by atoms with Crippen LogP contribution in [-0.4, -0.2) is 42.1 Å². The van der Waals surface area contributed by atoms with Crippen LogP contribution in [0.2, 0.25) is 0 Å². The number of amides is 3. The molecule has 3 amide bonds. The molecule has 0 bridgehead atoms. The second kappa shape index (κ2) is 8.74. The molecule has 1 saturated heterocycles.